The minimum absolute atomic E-state index is 0.0155. The van der Waals surface area contributed by atoms with E-state index in [1.165, 1.54) is 13.0 Å². The number of aromatic hydroxyl groups is 1. The van der Waals surface area contributed by atoms with Gasteiger partial charge in [-0.25, -0.2) is 4.79 Å². The molecule has 0 spiro atoms. The lowest BCUT2D eigenvalue weighted by Gasteiger charge is -2.11. The Balaban J connectivity index is 2.87. The first kappa shape index (κ1) is 16.0. The number of methoxy groups -OCH3 is 1. The Morgan fingerprint density at radius 2 is 2.09 bits per heavy atom. The number of phenols is 1. The fourth-order valence-corrected chi connectivity index (χ4v) is 2.25. The average Bonchev–Trinajstić information content (AvgIpc) is 2.44. The summed E-state index contributed by atoms with van der Waals surface area (Å²) < 4.78 is 10.1. The van der Waals surface area contributed by atoms with Crippen molar-refractivity contribution in [1.29, 1.82) is 0 Å². The summed E-state index contributed by atoms with van der Waals surface area (Å²) in [4.78, 5) is 24.3. The molecule has 1 aromatic carbocycles. The number of rotatable bonds is 4. The normalized spacial score (nSPS) is 12.4. The number of fused-ring (bicyclic) bond motifs is 1. The first-order chi connectivity index (χ1) is 10.4. The summed E-state index contributed by atoms with van der Waals surface area (Å²) in [5.41, 5.74) is -0.799. The molecule has 1 atom stereocenters. The van der Waals surface area contributed by atoms with Crippen LogP contribution in [0.2, 0.25) is 0 Å². The molecule has 22 heavy (non-hydrogen) atoms. The van der Waals surface area contributed by atoms with Crippen LogP contribution in [0.4, 0.5) is 0 Å². The minimum atomic E-state index is -0.805. The number of carbonyl (C=O) groups excluding carboxylic acids is 1. The molecule has 3 N–H and O–H groups in total. The monoisotopic (exact) mass is 308 g/mol. The highest BCUT2D eigenvalue weighted by atomic mass is 16.5. The van der Waals surface area contributed by atoms with Gasteiger partial charge in [0.25, 0.3) is 0 Å². The van der Waals surface area contributed by atoms with Crippen LogP contribution in [-0.2, 0) is 17.8 Å². The van der Waals surface area contributed by atoms with Crippen LogP contribution >= 0.6 is 0 Å². The lowest BCUT2D eigenvalue weighted by molar-refractivity contribution is 0.0602. The van der Waals surface area contributed by atoms with Gasteiger partial charge in [-0.15, -0.1) is 0 Å². The first-order valence-electron chi connectivity index (χ1n) is 6.57. The number of aliphatic hydroxyl groups excluding tert-OH is 2. The minimum Gasteiger partial charge on any atom is -0.508 e. The number of hydrogen-bond donors (Lipinski definition) is 3. The van der Waals surface area contributed by atoms with Crippen molar-refractivity contribution in [3.63, 3.8) is 0 Å². The van der Waals surface area contributed by atoms with Crippen molar-refractivity contribution < 1.29 is 29.3 Å². The van der Waals surface area contributed by atoms with E-state index in [1.807, 2.05) is 0 Å². The molecule has 0 saturated carbocycles. The van der Waals surface area contributed by atoms with Crippen molar-refractivity contribution in [1.82, 2.24) is 0 Å². The number of esters is 1. The largest absolute Gasteiger partial charge is 0.508 e. The highest BCUT2D eigenvalue weighted by molar-refractivity contribution is 6.03. The molecular weight excluding hydrogens is 292 g/mol. The Bertz CT molecular complexity index is 774. The van der Waals surface area contributed by atoms with E-state index in [4.69, 9.17) is 4.42 Å². The molecule has 2 rings (SSSR count). The molecule has 7 heteroatoms. The van der Waals surface area contributed by atoms with Crippen LogP contribution in [0.3, 0.4) is 0 Å². The molecule has 0 aliphatic carbocycles. The third-order valence-corrected chi connectivity index (χ3v) is 3.20. The highest BCUT2D eigenvalue weighted by Gasteiger charge is 2.21. The Labute approximate surface area is 125 Å². The summed E-state index contributed by atoms with van der Waals surface area (Å²) in [7, 11) is 1.15. The van der Waals surface area contributed by atoms with E-state index in [-0.39, 0.29) is 40.0 Å². The van der Waals surface area contributed by atoms with Crippen LogP contribution < -0.4 is 5.43 Å². The lowest BCUT2D eigenvalue weighted by atomic mass is 10.0. The second-order valence-corrected chi connectivity index (χ2v) is 4.90. The van der Waals surface area contributed by atoms with Crippen LogP contribution in [0.5, 0.6) is 5.75 Å². The van der Waals surface area contributed by atoms with Gasteiger partial charge in [0.2, 0.25) is 0 Å². The molecule has 7 nitrogen and oxygen atoms in total. The number of ether oxygens (including phenoxy) is 1. The topological polar surface area (TPSA) is 117 Å². The SMILES string of the molecule is COC(=O)c1cc(O)cc2oc(C[C@H](C)O)c(CO)c(=O)c12. The van der Waals surface area contributed by atoms with Crippen molar-refractivity contribution >= 4 is 16.9 Å². The number of hydrogen-bond acceptors (Lipinski definition) is 7. The summed E-state index contributed by atoms with van der Waals surface area (Å²) in [6.45, 7) is 0.912. The molecule has 1 heterocycles. The van der Waals surface area contributed by atoms with Gasteiger partial charge in [0.05, 0.1) is 36.3 Å². The second-order valence-electron chi connectivity index (χ2n) is 4.90. The predicted octanol–water partition coefficient (Wildman–Crippen LogP) is 0.701. The van der Waals surface area contributed by atoms with E-state index in [1.54, 1.807) is 0 Å². The van der Waals surface area contributed by atoms with E-state index in [0.29, 0.717) is 0 Å². The molecule has 0 aliphatic heterocycles. The van der Waals surface area contributed by atoms with E-state index < -0.39 is 24.1 Å². The van der Waals surface area contributed by atoms with Gasteiger partial charge in [0.15, 0.2) is 5.43 Å². The summed E-state index contributed by atoms with van der Waals surface area (Å²) >= 11 is 0. The van der Waals surface area contributed by atoms with Gasteiger partial charge in [0, 0.05) is 12.5 Å². The van der Waals surface area contributed by atoms with Gasteiger partial charge in [-0.2, -0.15) is 0 Å². The zero-order chi connectivity index (χ0) is 16.4. The molecular formula is C15H16O7. The van der Waals surface area contributed by atoms with Gasteiger partial charge >= 0.3 is 5.97 Å². The Morgan fingerprint density at radius 1 is 1.41 bits per heavy atom. The molecule has 0 bridgehead atoms. The first-order valence-corrected chi connectivity index (χ1v) is 6.57. The molecule has 0 unspecified atom stereocenters. The Hall–Kier alpha value is -2.38. The highest BCUT2D eigenvalue weighted by Crippen LogP contribution is 2.26. The number of phenolic OH excluding ortho intramolecular Hbond substituents is 1. The summed E-state index contributed by atoms with van der Waals surface area (Å²) in [5.74, 6) is -0.965. The molecule has 0 saturated heterocycles. The van der Waals surface area contributed by atoms with Gasteiger partial charge in [-0.1, -0.05) is 0 Å². The molecule has 0 amide bonds. The van der Waals surface area contributed by atoms with Crippen molar-refractivity contribution in [3.05, 3.63) is 39.2 Å². The molecule has 0 aliphatic rings. The third-order valence-electron chi connectivity index (χ3n) is 3.20. The lowest BCUT2D eigenvalue weighted by Crippen LogP contribution is -2.18. The standard InChI is InChI=1S/C15H16O7/c1-7(17)3-11-10(6-16)14(19)13-9(15(20)21-2)4-8(18)5-12(13)22-11/h4-5,7,16-18H,3,6H2,1-2H3/t7-/m0/s1. The van der Waals surface area contributed by atoms with E-state index in [0.717, 1.165) is 13.2 Å². The fraction of sp³-hybridized carbons (Fsp3) is 0.333. The summed E-state index contributed by atoms with van der Waals surface area (Å²) in [6.07, 6.45) is -0.770. The van der Waals surface area contributed by atoms with Crippen LogP contribution in [0, 0.1) is 0 Å². The molecule has 0 radical (unpaired) electrons. The smallest absolute Gasteiger partial charge is 0.338 e. The number of carbonyl (C=O) groups is 1. The van der Waals surface area contributed by atoms with Crippen molar-refractivity contribution in [2.45, 2.75) is 26.1 Å². The van der Waals surface area contributed by atoms with Gasteiger partial charge < -0.3 is 24.5 Å². The van der Waals surface area contributed by atoms with Crippen molar-refractivity contribution in [2.75, 3.05) is 7.11 Å². The predicted molar refractivity (Wildman–Crippen MR) is 76.8 cm³/mol. The Kier molecular flexibility index (Phi) is 4.48. The Morgan fingerprint density at radius 3 is 2.64 bits per heavy atom. The number of aliphatic hydroxyl groups is 2. The summed E-state index contributed by atoms with van der Waals surface area (Å²) in [5, 5.41) is 28.5. The zero-order valence-corrected chi connectivity index (χ0v) is 12.1. The third kappa shape index (κ3) is 2.81. The quantitative estimate of drug-likeness (QED) is 0.712. The fourth-order valence-electron chi connectivity index (χ4n) is 2.25. The molecule has 2 aromatic rings. The summed E-state index contributed by atoms with van der Waals surface area (Å²) in [6, 6.07) is 2.29. The van der Waals surface area contributed by atoms with E-state index >= 15 is 0 Å². The van der Waals surface area contributed by atoms with Gasteiger partial charge in [-0.05, 0) is 13.0 Å². The molecule has 0 fully saturated rings. The second kappa shape index (κ2) is 6.17. The van der Waals surface area contributed by atoms with E-state index in [9.17, 15) is 24.9 Å². The van der Waals surface area contributed by atoms with Crippen LogP contribution in [0.15, 0.2) is 21.3 Å². The van der Waals surface area contributed by atoms with E-state index in [2.05, 4.69) is 4.74 Å². The van der Waals surface area contributed by atoms with Gasteiger partial charge in [-0.3, -0.25) is 4.79 Å². The van der Waals surface area contributed by atoms with Gasteiger partial charge in [0.1, 0.15) is 17.1 Å². The van der Waals surface area contributed by atoms with Crippen LogP contribution in [0.1, 0.15) is 28.6 Å². The maximum Gasteiger partial charge on any atom is 0.338 e. The van der Waals surface area contributed by atoms with Crippen LogP contribution in [-0.4, -0.2) is 34.5 Å². The maximum absolute atomic E-state index is 12.5. The number of benzene rings is 1. The molecule has 118 valence electrons. The average molecular weight is 308 g/mol. The maximum atomic E-state index is 12.5. The van der Waals surface area contributed by atoms with Crippen LogP contribution in [0.25, 0.3) is 11.0 Å². The van der Waals surface area contributed by atoms with Crippen molar-refractivity contribution in [3.8, 4) is 5.75 Å². The molecule has 1 aromatic heterocycles. The zero-order valence-electron chi connectivity index (χ0n) is 12.1. The van der Waals surface area contributed by atoms with Crippen molar-refractivity contribution in [2.24, 2.45) is 0 Å².